The maximum atomic E-state index is 2.37. The summed E-state index contributed by atoms with van der Waals surface area (Å²) in [7, 11) is 2.33. The predicted octanol–water partition coefficient (Wildman–Crippen LogP) is 4.68. The standard InChI is InChI=1S/C4H10S.2C4H9.Al/c1-4(2)3-5;2*1-4(2)3;/h4-5H,3H2,1-2H3;2*4H,1H2,2-3H3;/q;;;+1/p-1. The molecule has 0 saturated carbocycles. The summed E-state index contributed by atoms with van der Waals surface area (Å²) in [5.74, 6) is 4.07. The van der Waals surface area contributed by atoms with Crippen LogP contribution < -0.4 is 0 Å². The van der Waals surface area contributed by atoms with Crippen molar-refractivity contribution in [2.45, 2.75) is 52.1 Å². The second kappa shape index (κ2) is 8.08. The normalized spacial score (nSPS) is 11.8. The minimum absolute atomic E-state index is 0.489. The molecule has 0 unspecified atom stereocenters. The van der Waals surface area contributed by atoms with Crippen molar-refractivity contribution in [1.82, 2.24) is 0 Å². The molecule has 0 aliphatic heterocycles. The Morgan fingerprint density at radius 2 is 1.21 bits per heavy atom. The van der Waals surface area contributed by atoms with Crippen LogP contribution in [0.5, 0.6) is 0 Å². The van der Waals surface area contributed by atoms with Crippen LogP contribution in [-0.4, -0.2) is 18.8 Å². The van der Waals surface area contributed by atoms with Gasteiger partial charge in [-0.25, -0.2) is 0 Å². The molecule has 2 heteroatoms. The van der Waals surface area contributed by atoms with Gasteiger partial charge in [0, 0.05) is 0 Å². The van der Waals surface area contributed by atoms with Crippen molar-refractivity contribution >= 4 is 23.1 Å². The molecule has 0 atom stereocenters. The van der Waals surface area contributed by atoms with Gasteiger partial charge in [-0.05, 0) is 11.7 Å². The van der Waals surface area contributed by atoms with E-state index in [-0.39, 0.29) is 0 Å². The van der Waals surface area contributed by atoms with Gasteiger partial charge in [-0.2, -0.15) is 0 Å². The van der Waals surface area contributed by atoms with E-state index in [1.54, 1.807) is 0 Å². The summed E-state index contributed by atoms with van der Waals surface area (Å²) in [4.78, 5) is 0. The maximum Gasteiger partial charge on any atom is 0.349 e. The van der Waals surface area contributed by atoms with Gasteiger partial charge < -0.3 is 0 Å². The Labute approximate surface area is 98.7 Å². The first-order valence-corrected chi connectivity index (χ1v) is 10.1. The minimum Gasteiger partial charge on any atom is -0.255 e. The van der Waals surface area contributed by atoms with Crippen LogP contribution in [-0.2, 0) is 0 Å². The van der Waals surface area contributed by atoms with Crippen LogP contribution in [0.4, 0.5) is 0 Å². The molecule has 0 aliphatic rings. The zero-order valence-corrected chi connectivity index (χ0v) is 12.8. The molecule has 0 radical (unpaired) electrons. The molecule has 0 aromatic rings. The Morgan fingerprint density at radius 3 is 1.50 bits per heavy atom. The third-order valence-electron chi connectivity index (χ3n) is 2.13. The Bertz CT molecular complexity index is 122. The summed E-state index contributed by atoms with van der Waals surface area (Å²) in [6, 6.07) is 0. The third-order valence-corrected chi connectivity index (χ3v) is 9.55. The molecule has 0 N–H and O–H groups in total. The highest BCUT2D eigenvalue weighted by Gasteiger charge is 2.21. The number of hydrogen-bond acceptors (Lipinski definition) is 1. The Morgan fingerprint density at radius 1 is 0.786 bits per heavy atom. The zero-order valence-electron chi connectivity index (χ0n) is 10.8. The Kier molecular flexibility index (Phi) is 8.59. The van der Waals surface area contributed by atoms with Crippen LogP contribution in [0.2, 0.25) is 10.6 Å². The van der Waals surface area contributed by atoms with Crippen molar-refractivity contribution in [1.29, 1.82) is 0 Å². The van der Waals surface area contributed by atoms with Crippen molar-refractivity contribution in [3.63, 3.8) is 0 Å². The molecule has 0 rings (SSSR count). The summed E-state index contributed by atoms with van der Waals surface area (Å²) in [5.41, 5.74) is 0. The smallest absolute Gasteiger partial charge is 0.255 e. The lowest BCUT2D eigenvalue weighted by molar-refractivity contribution is 0.697. The highest BCUT2D eigenvalue weighted by Crippen LogP contribution is 2.25. The molecular weight excluding hydrogens is 203 g/mol. The zero-order chi connectivity index (χ0) is 11.1. The lowest BCUT2D eigenvalue weighted by Crippen LogP contribution is -2.15. The van der Waals surface area contributed by atoms with E-state index in [2.05, 4.69) is 51.7 Å². The van der Waals surface area contributed by atoms with Crippen LogP contribution in [0, 0.1) is 17.8 Å². The summed E-state index contributed by atoms with van der Waals surface area (Å²) in [6.07, 6.45) is 0. The van der Waals surface area contributed by atoms with Gasteiger partial charge in [0.25, 0.3) is 0 Å². The topological polar surface area (TPSA) is 0 Å². The van der Waals surface area contributed by atoms with Crippen LogP contribution >= 0.6 is 10.1 Å². The lowest BCUT2D eigenvalue weighted by Gasteiger charge is -2.17. The van der Waals surface area contributed by atoms with Gasteiger partial charge in [0.1, 0.15) is 0 Å². The SMILES string of the molecule is CC(C)C[S][Al]([CH2]C(C)C)[CH2]C(C)C. The van der Waals surface area contributed by atoms with Gasteiger partial charge in [-0.15, -0.1) is 0 Å². The quantitative estimate of drug-likeness (QED) is 0.572. The van der Waals surface area contributed by atoms with E-state index in [0.29, 0.717) is 0 Å². The summed E-state index contributed by atoms with van der Waals surface area (Å²) in [6.45, 7) is 14.2. The highest BCUT2D eigenvalue weighted by molar-refractivity contribution is 8.25. The molecule has 0 saturated heterocycles. The molecule has 0 spiro atoms. The average molecular weight is 230 g/mol. The minimum atomic E-state index is -0.489. The van der Waals surface area contributed by atoms with E-state index in [0.717, 1.165) is 17.8 Å². The van der Waals surface area contributed by atoms with Crippen LogP contribution in [0.1, 0.15) is 41.5 Å². The molecule has 14 heavy (non-hydrogen) atoms. The monoisotopic (exact) mass is 230 g/mol. The van der Waals surface area contributed by atoms with E-state index in [4.69, 9.17) is 0 Å². The van der Waals surface area contributed by atoms with Gasteiger partial charge in [0.05, 0.1) is 0 Å². The summed E-state index contributed by atoms with van der Waals surface area (Å²) < 4.78 is 0. The Balaban J connectivity index is 3.84. The van der Waals surface area contributed by atoms with Crippen LogP contribution in [0.25, 0.3) is 0 Å². The first kappa shape index (κ1) is 14.9. The Hall–Kier alpha value is 0.882. The fourth-order valence-corrected chi connectivity index (χ4v) is 9.93. The summed E-state index contributed by atoms with van der Waals surface area (Å²) >= 11 is -0.489. The van der Waals surface area contributed by atoms with E-state index < -0.39 is 13.0 Å². The predicted molar refractivity (Wildman–Crippen MR) is 72.3 cm³/mol. The van der Waals surface area contributed by atoms with Gasteiger partial charge >= 0.3 is 13.0 Å². The molecule has 0 fully saturated rings. The van der Waals surface area contributed by atoms with E-state index in [1.165, 1.54) is 16.3 Å². The first-order valence-electron chi connectivity index (χ1n) is 6.03. The van der Waals surface area contributed by atoms with Crippen molar-refractivity contribution in [3.05, 3.63) is 0 Å². The maximum absolute atomic E-state index is 2.37. The molecule has 0 heterocycles. The molecule has 0 aliphatic carbocycles. The van der Waals surface area contributed by atoms with Crippen molar-refractivity contribution in [2.75, 3.05) is 5.75 Å². The fourth-order valence-electron chi connectivity index (χ4n) is 1.61. The van der Waals surface area contributed by atoms with Crippen LogP contribution in [0.15, 0.2) is 0 Å². The lowest BCUT2D eigenvalue weighted by atomic mass is 10.3. The van der Waals surface area contributed by atoms with Gasteiger partial charge in [0.2, 0.25) is 0 Å². The first-order chi connectivity index (χ1) is 6.41. The van der Waals surface area contributed by atoms with Crippen LogP contribution in [0.3, 0.4) is 0 Å². The van der Waals surface area contributed by atoms with E-state index >= 15 is 0 Å². The summed E-state index contributed by atoms with van der Waals surface area (Å²) in [5, 5.41) is 3.05. The average Bonchev–Trinajstić information content (AvgIpc) is 1.97. The number of hydrogen-bond donors (Lipinski definition) is 0. The number of rotatable bonds is 7. The highest BCUT2D eigenvalue weighted by atomic mass is 32.3. The van der Waals surface area contributed by atoms with Crippen molar-refractivity contribution < 1.29 is 0 Å². The second-order valence-electron chi connectivity index (χ2n) is 5.61. The molecule has 0 amide bonds. The van der Waals surface area contributed by atoms with Crippen molar-refractivity contribution in [3.8, 4) is 0 Å². The molecule has 0 nitrogen and oxygen atoms in total. The molecule has 0 aromatic carbocycles. The molecular formula is C12H27AlS. The second-order valence-corrected chi connectivity index (χ2v) is 11.5. The van der Waals surface area contributed by atoms with Gasteiger partial charge in [-0.3, -0.25) is 10.1 Å². The molecule has 84 valence electrons. The van der Waals surface area contributed by atoms with E-state index in [1.807, 2.05) is 0 Å². The van der Waals surface area contributed by atoms with E-state index in [9.17, 15) is 0 Å². The molecule has 0 bridgehead atoms. The van der Waals surface area contributed by atoms with Crippen molar-refractivity contribution in [2.24, 2.45) is 17.8 Å². The van der Waals surface area contributed by atoms with Gasteiger partial charge in [-0.1, -0.05) is 63.9 Å². The molecule has 0 aromatic heterocycles. The fraction of sp³-hybridized carbons (Fsp3) is 1.00. The van der Waals surface area contributed by atoms with Gasteiger partial charge in [0.15, 0.2) is 0 Å². The third kappa shape index (κ3) is 9.44. The largest absolute Gasteiger partial charge is 0.349 e.